The van der Waals surface area contributed by atoms with Crippen molar-refractivity contribution in [3.05, 3.63) is 77.7 Å². The van der Waals surface area contributed by atoms with Crippen LogP contribution in [0, 0.1) is 5.41 Å². The number of aryl methyl sites for hydroxylation is 2. The van der Waals surface area contributed by atoms with Gasteiger partial charge >= 0.3 is 0 Å². The van der Waals surface area contributed by atoms with Gasteiger partial charge in [0.05, 0.1) is 12.1 Å². The van der Waals surface area contributed by atoms with Gasteiger partial charge in [-0.25, -0.2) is 13.4 Å². The van der Waals surface area contributed by atoms with Crippen LogP contribution in [-0.2, 0) is 29.7 Å². The van der Waals surface area contributed by atoms with E-state index in [9.17, 15) is 8.42 Å². The quantitative estimate of drug-likeness (QED) is 0.486. The topological polar surface area (TPSA) is 58.4 Å². The molecule has 36 heavy (non-hydrogen) atoms. The predicted molar refractivity (Wildman–Crippen MR) is 143 cm³/mol. The normalized spacial score (nSPS) is 23.6. The molecule has 0 N–H and O–H groups in total. The van der Waals surface area contributed by atoms with Crippen LogP contribution in [0.5, 0.6) is 0 Å². The van der Waals surface area contributed by atoms with Crippen LogP contribution in [0.1, 0.15) is 42.4 Å². The maximum absolute atomic E-state index is 12.9. The first-order valence-electron chi connectivity index (χ1n) is 13.2. The number of benzene rings is 2. The Kier molecular flexibility index (Phi) is 5.96. The molecule has 3 heterocycles. The minimum Gasteiger partial charge on any atom is -0.370 e. The summed E-state index contributed by atoms with van der Waals surface area (Å²) in [7, 11) is -1.60. The Labute approximate surface area is 214 Å². The molecule has 190 valence electrons. The molecule has 6 rings (SSSR count). The van der Waals surface area contributed by atoms with Crippen LogP contribution in [-0.4, -0.2) is 60.8 Å². The standard InChI is InChI=1S/C29H36N4O2S/c1-29(20-36(34,35)28-17-31(2)21-30-28)18-33(19-29)24-11-9-23-10-12-27(32-13-6-14-32)26(25(23)16-24)15-22-7-4-3-5-8-22/h3-5,7-9,11,16-17,21,26-27H,6,10,12-15,18-20H2,1-2H3/t26-,27+/m1/s1. The highest BCUT2D eigenvalue weighted by atomic mass is 32.2. The number of imidazole rings is 1. The molecule has 0 saturated carbocycles. The Morgan fingerprint density at radius 1 is 1.08 bits per heavy atom. The van der Waals surface area contributed by atoms with Gasteiger partial charge < -0.3 is 9.47 Å². The molecule has 2 saturated heterocycles. The minimum absolute atomic E-state index is 0.131. The SMILES string of the molecule is Cn1cnc(S(=O)(=O)CC2(C)CN(c3ccc4c(c3)[C@@H](Cc3ccccc3)[C@@H](N3CCC3)CC4)C2)c1. The summed E-state index contributed by atoms with van der Waals surface area (Å²) in [6.45, 7) is 6.02. The number of anilines is 1. The van der Waals surface area contributed by atoms with Crippen LogP contribution >= 0.6 is 0 Å². The molecule has 3 aromatic rings. The second-order valence-corrected chi connectivity index (χ2v) is 13.4. The van der Waals surface area contributed by atoms with Gasteiger partial charge in [-0.15, -0.1) is 0 Å². The lowest BCUT2D eigenvalue weighted by Crippen LogP contribution is -2.58. The van der Waals surface area contributed by atoms with E-state index in [0.717, 1.165) is 25.9 Å². The molecule has 2 fully saturated rings. The van der Waals surface area contributed by atoms with Gasteiger partial charge in [0, 0.05) is 49.4 Å². The first-order chi connectivity index (χ1) is 17.3. The van der Waals surface area contributed by atoms with Crippen molar-refractivity contribution in [3.8, 4) is 0 Å². The third-order valence-electron chi connectivity index (χ3n) is 8.41. The highest BCUT2D eigenvalue weighted by Gasteiger charge is 2.44. The zero-order chi connectivity index (χ0) is 24.9. The van der Waals surface area contributed by atoms with E-state index in [0.29, 0.717) is 12.0 Å². The molecule has 1 aromatic heterocycles. The molecule has 0 bridgehead atoms. The number of aromatic nitrogens is 2. The fraction of sp³-hybridized carbons (Fsp3) is 0.483. The van der Waals surface area contributed by atoms with E-state index >= 15 is 0 Å². The summed E-state index contributed by atoms with van der Waals surface area (Å²) in [5.41, 5.74) is 5.34. The lowest BCUT2D eigenvalue weighted by atomic mass is 9.74. The Morgan fingerprint density at radius 3 is 2.53 bits per heavy atom. The second-order valence-electron chi connectivity index (χ2n) is 11.5. The monoisotopic (exact) mass is 504 g/mol. The first kappa shape index (κ1) is 23.7. The van der Waals surface area contributed by atoms with E-state index in [1.165, 1.54) is 48.3 Å². The molecule has 6 nitrogen and oxygen atoms in total. The number of fused-ring (bicyclic) bond motifs is 1. The van der Waals surface area contributed by atoms with Gasteiger partial charge in [0.15, 0.2) is 14.9 Å². The van der Waals surface area contributed by atoms with Crippen molar-refractivity contribution in [1.82, 2.24) is 14.5 Å². The van der Waals surface area contributed by atoms with E-state index in [1.54, 1.807) is 24.1 Å². The number of likely N-dealkylation sites (tertiary alicyclic amines) is 1. The number of sulfone groups is 1. The number of hydrogen-bond acceptors (Lipinski definition) is 5. The van der Waals surface area contributed by atoms with E-state index in [2.05, 4.69) is 70.2 Å². The molecular weight excluding hydrogens is 468 g/mol. The summed E-state index contributed by atoms with van der Waals surface area (Å²) in [5, 5.41) is 0.180. The van der Waals surface area contributed by atoms with Crippen LogP contribution in [0.25, 0.3) is 0 Å². The van der Waals surface area contributed by atoms with Crippen molar-refractivity contribution >= 4 is 15.5 Å². The highest BCUT2D eigenvalue weighted by Crippen LogP contribution is 2.42. The molecule has 1 aliphatic carbocycles. The average molecular weight is 505 g/mol. The molecule has 0 amide bonds. The van der Waals surface area contributed by atoms with Gasteiger partial charge in [0.2, 0.25) is 0 Å². The summed E-state index contributed by atoms with van der Waals surface area (Å²) < 4.78 is 27.6. The van der Waals surface area contributed by atoms with Crippen LogP contribution in [0.3, 0.4) is 0 Å². The van der Waals surface area contributed by atoms with Gasteiger partial charge in [-0.1, -0.05) is 43.3 Å². The molecule has 7 heteroatoms. The maximum atomic E-state index is 12.9. The van der Waals surface area contributed by atoms with E-state index in [-0.39, 0.29) is 16.2 Å². The summed E-state index contributed by atoms with van der Waals surface area (Å²) >= 11 is 0. The smallest absolute Gasteiger partial charge is 0.197 e. The van der Waals surface area contributed by atoms with Gasteiger partial charge in [0.25, 0.3) is 0 Å². The molecule has 0 unspecified atom stereocenters. The zero-order valence-electron chi connectivity index (χ0n) is 21.3. The first-order valence-corrected chi connectivity index (χ1v) is 14.8. The van der Waals surface area contributed by atoms with Crippen LogP contribution in [0.2, 0.25) is 0 Å². The van der Waals surface area contributed by atoms with Crippen molar-refractivity contribution in [2.45, 2.75) is 49.6 Å². The van der Waals surface area contributed by atoms with Crippen molar-refractivity contribution in [3.63, 3.8) is 0 Å². The number of nitrogens with zero attached hydrogens (tertiary/aromatic N) is 4. The third kappa shape index (κ3) is 4.48. The average Bonchev–Trinajstić information content (AvgIpc) is 3.25. The van der Waals surface area contributed by atoms with E-state index in [1.807, 2.05) is 0 Å². The number of rotatable bonds is 7. The van der Waals surface area contributed by atoms with E-state index in [4.69, 9.17) is 0 Å². The summed E-state index contributed by atoms with van der Waals surface area (Å²) in [6, 6.07) is 18.5. The van der Waals surface area contributed by atoms with Crippen LogP contribution < -0.4 is 4.90 Å². The molecule has 0 radical (unpaired) electrons. The van der Waals surface area contributed by atoms with E-state index < -0.39 is 9.84 Å². The Balaban J connectivity index is 1.22. The second kappa shape index (κ2) is 9.03. The summed E-state index contributed by atoms with van der Waals surface area (Å²) in [4.78, 5) is 9.12. The predicted octanol–water partition coefficient (Wildman–Crippen LogP) is 4.07. The third-order valence-corrected chi connectivity index (χ3v) is 10.3. The lowest BCUT2D eigenvalue weighted by molar-refractivity contribution is 0.0877. The largest absolute Gasteiger partial charge is 0.370 e. The Hall–Kier alpha value is -2.64. The number of hydrogen-bond donors (Lipinski definition) is 0. The molecular formula is C29H36N4O2S. The minimum atomic E-state index is -3.40. The molecule has 2 aromatic carbocycles. The summed E-state index contributed by atoms with van der Waals surface area (Å²) in [6.07, 6.45) is 7.90. The lowest BCUT2D eigenvalue weighted by Gasteiger charge is -2.50. The molecule has 3 aliphatic rings. The van der Waals surface area contributed by atoms with Crippen molar-refractivity contribution < 1.29 is 8.42 Å². The summed E-state index contributed by atoms with van der Waals surface area (Å²) in [5.74, 6) is 0.625. The maximum Gasteiger partial charge on any atom is 0.197 e. The molecule has 2 atom stereocenters. The van der Waals surface area contributed by atoms with Crippen LogP contribution in [0.15, 0.2) is 66.1 Å². The fourth-order valence-electron chi connectivity index (χ4n) is 6.52. The van der Waals surface area contributed by atoms with Gasteiger partial charge in [-0.05, 0) is 67.6 Å². The fourth-order valence-corrected chi connectivity index (χ4v) is 8.30. The Morgan fingerprint density at radius 2 is 1.86 bits per heavy atom. The zero-order valence-corrected chi connectivity index (χ0v) is 22.1. The molecule has 2 aliphatic heterocycles. The molecule has 0 spiro atoms. The van der Waals surface area contributed by atoms with Crippen molar-refractivity contribution in [2.24, 2.45) is 12.5 Å². The van der Waals surface area contributed by atoms with Gasteiger partial charge in [-0.3, -0.25) is 4.90 Å². The Bertz CT molecular complexity index is 1340. The van der Waals surface area contributed by atoms with Gasteiger partial charge in [0.1, 0.15) is 0 Å². The highest BCUT2D eigenvalue weighted by molar-refractivity contribution is 7.91. The van der Waals surface area contributed by atoms with Gasteiger partial charge in [-0.2, -0.15) is 0 Å². The van der Waals surface area contributed by atoms with Crippen LogP contribution in [0.4, 0.5) is 5.69 Å². The van der Waals surface area contributed by atoms with Crippen molar-refractivity contribution in [1.29, 1.82) is 0 Å². The van der Waals surface area contributed by atoms with Crippen molar-refractivity contribution in [2.75, 3.05) is 36.8 Å².